The van der Waals surface area contributed by atoms with Crippen LogP contribution in [0.2, 0.25) is 0 Å². The Morgan fingerprint density at radius 2 is 1.77 bits per heavy atom. The topological polar surface area (TPSA) is 111 Å². The first-order valence-corrected chi connectivity index (χ1v) is 8.72. The molecule has 2 N–H and O–H groups in total. The van der Waals surface area contributed by atoms with Crippen molar-refractivity contribution < 1.29 is 32.5 Å². The Labute approximate surface area is 133 Å². The van der Waals surface area contributed by atoms with E-state index in [4.69, 9.17) is 9.29 Å². The van der Waals surface area contributed by atoms with Crippen molar-refractivity contribution in [3.8, 4) is 0 Å². The zero-order chi connectivity index (χ0) is 16.7. The second-order valence-corrected chi connectivity index (χ2v) is 7.29. The third-order valence-electron chi connectivity index (χ3n) is 4.01. The van der Waals surface area contributed by atoms with Gasteiger partial charge in [-0.2, -0.15) is 8.42 Å². The van der Waals surface area contributed by atoms with E-state index in [9.17, 15) is 13.2 Å². The first-order chi connectivity index (χ1) is 9.58. The lowest BCUT2D eigenvalue weighted by molar-refractivity contribution is -0.925. The van der Waals surface area contributed by atoms with Crippen LogP contribution in [0, 0.1) is 0 Å². The molecule has 0 amide bonds. The molecule has 0 saturated heterocycles. The molecule has 1 unspecified atom stereocenters. The van der Waals surface area contributed by atoms with Gasteiger partial charge in [0.05, 0.1) is 24.9 Å². The maximum Gasteiger partial charge on any atom is 0.333 e. The van der Waals surface area contributed by atoms with Gasteiger partial charge in [0.15, 0.2) is 0 Å². The highest BCUT2D eigenvalue weighted by molar-refractivity contribution is 7.86. The summed E-state index contributed by atoms with van der Waals surface area (Å²) >= 11 is 0. The summed E-state index contributed by atoms with van der Waals surface area (Å²) in [5, 5.41) is -0.786. The fraction of sp³-hybridized carbons (Fsp3) is 0.786. The second kappa shape index (κ2) is 9.94. The van der Waals surface area contributed by atoms with Crippen molar-refractivity contribution in [3.63, 3.8) is 0 Å². The average Bonchev–Trinajstić information content (AvgIpc) is 2.41. The van der Waals surface area contributed by atoms with Crippen LogP contribution >= 0.6 is 0 Å². The maximum atomic E-state index is 11.4. The quantitative estimate of drug-likeness (QED) is 0.279. The van der Waals surface area contributed by atoms with Crippen molar-refractivity contribution in [3.05, 3.63) is 12.2 Å². The monoisotopic (exact) mass is 339 g/mol. The molecule has 132 valence electrons. The minimum atomic E-state index is -3.99. The Kier molecular flexibility index (Phi) is 10.5. The van der Waals surface area contributed by atoms with Gasteiger partial charge >= 0.3 is 5.97 Å². The molecule has 0 aromatic heterocycles. The minimum Gasteiger partial charge on any atom is -0.870 e. The molecule has 1 atom stereocenters. The number of ether oxygens (including phenoxy) is 1. The van der Waals surface area contributed by atoms with E-state index in [1.165, 1.54) is 6.92 Å². The normalized spacial score (nSPS) is 13.1. The number of nitrogens with zero attached hydrogens (tertiary/aromatic N) is 1. The van der Waals surface area contributed by atoms with E-state index in [0.717, 1.165) is 13.1 Å². The van der Waals surface area contributed by atoms with Crippen LogP contribution in [0.3, 0.4) is 0 Å². The predicted molar refractivity (Wildman–Crippen MR) is 84.4 cm³/mol. The van der Waals surface area contributed by atoms with Crippen LogP contribution in [0.25, 0.3) is 0 Å². The molecule has 0 spiro atoms. The van der Waals surface area contributed by atoms with E-state index in [1.807, 2.05) is 13.8 Å². The predicted octanol–water partition coefficient (Wildman–Crippen LogP) is 1.45. The molecule has 0 aromatic rings. The number of likely N-dealkylation sites (N-methyl/N-ethyl adjacent to an activating group) is 1. The van der Waals surface area contributed by atoms with Gasteiger partial charge in [0.25, 0.3) is 10.1 Å². The van der Waals surface area contributed by atoms with E-state index < -0.39 is 21.3 Å². The molecule has 0 rings (SSSR count). The molecule has 7 nitrogen and oxygen atoms in total. The van der Waals surface area contributed by atoms with E-state index in [-0.39, 0.29) is 12.1 Å². The Morgan fingerprint density at radius 3 is 2.14 bits per heavy atom. The van der Waals surface area contributed by atoms with Crippen LogP contribution in [0.15, 0.2) is 12.2 Å². The van der Waals surface area contributed by atoms with Crippen molar-refractivity contribution >= 4 is 16.1 Å². The molecule has 0 radical (unpaired) electrons. The lowest BCUT2D eigenvalue weighted by Gasteiger charge is -2.37. The molecule has 0 aliphatic heterocycles. The summed E-state index contributed by atoms with van der Waals surface area (Å²) in [6.07, 6.45) is 0.370. The van der Waals surface area contributed by atoms with Crippen molar-refractivity contribution in [2.24, 2.45) is 0 Å². The lowest BCUT2D eigenvalue weighted by atomic mass is 10.2. The van der Waals surface area contributed by atoms with Crippen molar-refractivity contribution in [2.45, 2.75) is 39.4 Å². The fourth-order valence-corrected chi connectivity index (χ4v) is 2.43. The maximum absolute atomic E-state index is 11.4. The molecule has 0 aliphatic rings. The van der Waals surface area contributed by atoms with Crippen molar-refractivity contribution in [1.29, 1.82) is 0 Å². The molecular formula is C14H29NO6S. The van der Waals surface area contributed by atoms with E-state index in [0.29, 0.717) is 29.6 Å². The second-order valence-electron chi connectivity index (χ2n) is 5.45. The number of esters is 1. The molecule has 0 aliphatic carbocycles. The Morgan fingerprint density at radius 1 is 1.27 bits per heavy atom. The molecule has 8 heteroatoms. The third-order valence-corrected chi connectivity index (χ3v) is 5.26. The first kappa shape index (κ1) is 23.3. The lowest BCUT2D eigenvalue weighted by Crippen LogP contribution is -2.51. The standard InChI is InChI=1S/C14H27NO5S.H2O/c1-6-15(7-2,9-8-13(5)21(17,18)19)10-11-20-14(16)12(3)4;/h13H,3,6-11H2,1-2,4-5H3;1H2. The Bertz CT molecular complexity index is 456. The number of quaternary nitrogens is 1. The SMILES string of the molecule is C=C(C)C(=O)OCC[N+](CC)(CC)CCC(C)S(=O)(=O)O.[OH-]. The van der Waals surface area contributed by atoms with Crippen LogP contribution in [0.5, 0.6) is 0 Å². The summed E-state index contributed by atoms with van der Waals surface area (Å²) in [5.74, 6) is -0.411. The minimum absolute atomic E-state index is 0. The van der Waals surface area contributed by atoms with Crippen LogP contribution in [-0.2, 0) is 19.6 Å². The van der Waals surface area contributed by atoms with Crippen molar-refractivity contribution in [1.82, 2.24) is 0 Å². The smallest absolute Gasteiger partial charge is 0.333 e. The number of hydrogen-bond acceptors (Lipinski definition) is 5. The van der Waals surface area contributed by atoms with Gasteiger partial charge in [-0.1, -0.05) is 6.58 Å². The average molecular weight is 339 g/mol. The van der Waals surface area contributed by atoms with Crippen LogP contribution in [0.1, 0.15) is 34.1 Å². The number of hydrogen-bond donors (Lipinski definition) is 1. The molecule has 0 saturated carbocycles. The molecule has 22 heavy (non-hydrogen) atoms. The van der Waals surface area contributed by atoms with Crippen LogP contribution in [-0.4, -0.2) is 66.9 Å². The van der Waals surface area contributed by atoms with Crippen molar-refractivity contribution in [2.75, 3.05) is 32.8 Å². The van der Waals surface area contributed by atoms with Gasteiger partial charge in [-0.25, -0.2) is 4.79 Å². The largest absolute Gasteiger partial charge is 0.870 e. The summed E-state index contributed by atoms with van der Waals surface area (Å²) in [6, 6.07) is 0. The Hall–Kier alpha value is -0.960. The summed E-state index contributed by atoms with van der Waals surface area (Å²) in [5.41, 5.74) is 0.362. The molecule has 0 fully saturated rings. The highest BCUT2D eigenvalue weighted by Gasteiger charge is 2.27. The summed E-state index contributed by atoms with van der Waals surface area (Å²) in [7, 11) is -3.99. The fourth-order valence-electron chi connectivity index (χ4n) is 2.03. The zero-order valence-corrected chi connectivity index (χ0v) is 14.7. The van der Waals surface area contributed by atoms with Gasteiger partial charge in [-0.3, -0.25) is 4.55 Å². The number of carbonyl (C=O) groups excluding carboxylic acids is 1. The summed E-state index contributed by atoms with van der Waals surface area (Å²) < 4.78 is 36.9. The number of carbonyl (C=O) groups is 1. The van der Waals surface area contributed by atoms with Gasteiger partial charge in [-0.05, 0) is 27.7 Å². The first-order valence-electron chi connectivity index (χ1n) is 7.22. The zero-order valence-electron chi connectivity index (χ0n) is 13.9. The van der Waals surface area contributed by atoms with E-state index >= 15 is 0 Å². The summed E-state index contributed by atoms with van der Waals surface area (Å²) in [6.45, 7) is 13.8. The van der Waals surface area contributed by atoms with Gasteiger partial charge in [0.2, 0.25) is 0 Å². The highest BCUT2D eigenvalue weighted by Crippen LogP contribution is 2.12. The van der Waals surface area contributed by atoms with Gasteiger partial charge in [0.1, 0.15) is 13.2 Å². The third kappa shape index (κ3) is 7.88. The van der Waals surface area contributed by atoms with Crippen LogP contribution < -0.4 is 0 Å². The number of rotatable bonds is 10. The molecule has 0 aromatic carbocycles. The van der Waals surface area contributed by atoms with Gasteiger partial charge in [0, 0.05) is 12.0 Å². The molecule has 0 heterocycles. The Balaban J connectivity index is 0. The van der Waals surface area contributed by atoms with E-state index in [2.05, 4.69) is 6.58 Å². The highest BCUT2D eigenvalue weighted by atomic mass is 32.2. The van der Waals surface area contributed by atoms with Gasteiger partial charge in [-0.15, -0.1) is 0 Å². The summed E-state index contributed by atoms with van der Waals surface area (Å²) in [4.78, 5) is 11.4. The van der Waals surface area contributed by atoms with Gasteiger partial charge < -0.3 is 14.7 Å². The molecular weight excluding hydrogens is 310 g/mol. The molecule has 0 bridgehead atoms. The van der Waals surface area contributed by atoms with Crippen LogP contribution in [0.4, 0.5) is 0 Å². The van der Waals surface area contributed by atoms with E-state index in [1.54, 1.807) is 6.92 Å².